The quantitative estimate of drug-likeness (QED) is 0.680. The molecule has 1 rings (SSSR count). The zero-order valence-electron chi connectivity index (χ0n) is 7.23. The maximum Gasteiger partial charge on any atom is 0.312 e. The number of rotatable bonds is 3. The third kappa shape index (κ3) is 2.79. The van der Waals surface area contributed by atoms with E-state index in [0.29, 0.717) is 12.1 Å². The van der Waals surface area contributed by atoms with E-state index in [2.05, 4.69) is 9.97 Å². The Bertz CT molecular complexity index is 284. The van der Waals surface area contributed by atoms with Crippen LogP contribution in [0.15, 0.2) is 12.4 Å². The second kappa shape index (κ2) is 4.51. The number of aromatic nitrogens is 2. The first-order valence-corrected chi connectivity index (χ1v) is 3.88. The molecule has 0 saturated carbocycles. The lowest BCUT2D eigenvalue weighted by molar-refractivity contribution is -0.134. The van der Waals surface area contributed by atoms with Crippen molar-refractivity contribution in [3.05, 3.63) is 18.1 Å². The summed E-state index contributed by atoms with van der Waals surface area (Å²) in [4.78, 5) is 18.4. The molecule has 0 unspecified atom stereocenters. The van der Waals surface area contributed by atoms with Gasteiger partial charge >= 0.3 is 5.97 Å². The van der Waals surface area contributed by atoms with Gasteiger partial charge in [0.15, 0.2) is 0 Å². The van der Waals surface area contributed by atoms with E-state index in [-0.39, 0.29) is 18.5 Å². The molecule has 0 fully saturated rings. The number of aliphatic hydroxyl groups is 1. The molecule has 1 N–H and O–H groups in total. The minimum Gasteiger partial charge on any atom is -0.406 e. The summed E-state index contributed by atoms with van der Waals surface area (Å²) >= 11 is 0. The SMILES string of the molecule is CCC(=O)Oc1cnc(CO)cn1. The monoisotopic (exact) mass is 182 g/mol. The molecular weight excluding hydrogens is 172 g/mol. The fraction of sp³-hybridized carbons (Fsp3) is 0.375. The number of ether oxygens (including phenoxy) is 1. The fourth-order valence-corrected chi connectivity index (χ4v) is 0.666. The van der Waals surface area contributed by atoms with Crippen LogP contribution in [0, 0.1) is 0 Å². The van der Waals surface area contributed by atoms with Gasteiger partial charge in [0, 0.05) is 6.42 Å². The molecule has 0 aliphatic carbocycles. The number of aliphatic hydroxyl groups excluding tert-OH is 1. The molecule has 5 heteroatoms. The van der Waals surface area contributed by atoms with Gasteiger partial charge in [0.1, 0.15) is 0 Å². The van der Waals surface area contributed by atoms with Gasteiger partial charge in [0.2, 0.25) is 5.88 Å². The molecule has 0 aliphatic rings. The van der Waals surface area contributed by atoms with Crippen LogP contribution >= 0.6 is 0 Å². The molecule has 70 valence electrons. The van der Waals surface area contributed by atoms with Crippen molar-refractivity contribution in [3.63, 3.8) is 0 Å². The molecule has 5 nitrogen and oxygen atoms in total. The molecule has 0 atom stereocenters. The predicted molar refractivity (Wildman–Crippen MR) is 43.9 cm³/mol. The van der Waals surface area contributed by atoms with Crippen molar-refractivity contribution in [2.24, 2.45) is 0 Å². The van der Waals surface area contributed by atoms with Crippen LogP contribution in [-0.2, 0) is 11.4 Å². The average molecular weight is 182 g/mol. The molecule has 0 spiro atoms. The number of nitrogens with zero attached hydrogens (tertiary/aromatic N) is 2. The number of carbonyl (C=O) groups excluding carboxylic acids is 1. The lowest BCUT2D eigenvalue weighted by Crippen LogP contribution is -2.07. The topological polar surface area (TPSA) is 72.3 Å². The molecule has 0 aromatic carbocycles. The van der Waals surface area contributed by atoms with Crippen molar-refractivity contribution in [2.45, 2.75) is 20.0 Å². The van der Waals surface area contributed by atoms with Gasteiger partial charge in [-0.05, 0) is 0 Å². The first-order chi connectivity index (χ1) is 6.26. The van der Waals surface area contributed by atoms with Crippen molar-refractivity contribution in [1.29, 1.82) is 0 Å². The zero-order chi connectivity index (χ0) is 9.68. The minimum atomic E-state index is -0.356. The molecular formula is C8H10N2O3. The van der Waals surface area contributed by atoms with Crippen LogP contribution in [0.2, 0.25) is 0 Å². The molecule has 0 aliphatic heterocycles. The third-order valence-corrected chi connectivity index (χ3v) is 1.35. The van der Waals surface area contributed by atoms with Crippen LogP contribution in [0.1, 0.15) is 19.0 Å². The smallest absolute Gasteiger partial charge is 0.312 e. The van der Waals surface area contributed by atoms with Crippen LogP contribution in [-0.4, -0.2) is 21.0 Å². The lowest BCUT2D eigenvalue weighted by atomic mass is 10.5. The Morgan fingerprint density at radius 2 is 2.31 bits per heavy atom. The predicted octanol–water partition coefficient (Wildman–Crippen LogP) is 0.284. The van der Waals surface area contributed by atoms with E-state index in [0.717, 1.165) is 0 Å². The molecule has 13 heavy (non-hydrogen) atoms. The van der Waals surface area contributed by atoms with Gasteiger partial charge in [0.25, 0.3) is 0 Å². The van der Waals surface area contributed by atoms with Gasteiger partial charge < -0.3 is 9.84 Å². The first kappa shape index (κ1) is 9.60. The van der Waals surface area contributed by atoms with Gasteiger partial charge in [-0.2, -0.15) is 0 Å². The molecule has 1 aromatic rings. The van der Waals surface area contributed by atoms with Crippen LogP contribution in [0.25, 0.3) is 0 Å². The average Bonchev–Trinajstić information content (AvgIpc) is 2.19. The second-order valence-electron chi connectivity index (χ2n) is 2.33. The molecule has 0 radical (unpaired) electrons. The van der Waals surface area contributed by atoms with E-state index < -0.39 is 0 Å². The summed E-state index contributed by atoms with van der Waals surface area (Å²) in [6.45, 7) is 1.52. The molecule has 1 aromatic heterocycles. The number of hydrogen-bond donors (Lipinski definition) is 1. The van der Waals surface area contributed by atoms with E-state index in [4.69, 9.17) is 9.84 Å². The Morgan fingerprint density at radius 1 is 1.54 bits per heavy atom. The summed E-state index contributed by atoms with van der Waals surface area (Å²) in [5, 5.41) is 8.65. The molecule has 0 saturated heterocycles. The van der Waals surface area contributed by atoms with Gasteiger partial charge in [-0.15, -0.1) is 0 Å². The fourth-order valence-electron chi connectivity index (χ4n) is 0.666. The molecule has 0 bridgehead atoms. The number of hydrogen-bond acceptors (Lipinski definition) is 5. The van der Waals surface area contributed by atoms with Crippen molar-refractivity contribution in [3.8, 4) is 5.88 Å². The van der Waals surface area contributed by atoms with Crippen molar-refractivity contribution >= 4 is 5.97 Å². The van der Waals surface area contributed by atoms with Crippen LogP contribution in [0.5, 0.6) is 5.88 Å². The van der Waals surface area contributed by atoms with Crippen molar-refractivity contribution in [1.82, 2.24) is 9.97 Å². The van der Waals surface area contributed by atoms with E-state index in [1.807, 2.05) is 0 Å². The minimum absolute atomic E-state index is 0.157. The summed E-state index contributed by atoms with van der Waals surface area (Å²) in [5.41, 5.74) is 0.441. The summed E-state index contributed by atoms with van der Waals surface area (Å²) < 4.78 is 4.77. The number of carbonyl (C=O) groups is 1. The van der Waals surface area contributed by atoms with E-state index >= 15 is 0 Å². The van der Waals surface area contributed by atoms with E-state index in [1.165, 1.54) is 12.4 Å². The first-order valence-electron chi connectivity index (χ1n) is 3.88. The highest BCUT2D eigenvalue weighted by molar-refractivity contribution is 5.71. The summed E-state index contributed by atoms with van der Waals surface area (Å²) in [7, 11) is 0. The van der Waals surface area contributed by atoms with Crippen molar-refractivity contribution < 1.29 is 14.6 Å². The maximum atomic E-state index is 10.8. The summed E-state index contributed by atoms with van der Waals surface area (Å²) in [6.07, 6.45) is 2.96. The third-order valence-electron chi connectivity index (χ3n) is 1.35. The van der Waals surface area contributed by atoms with Gasteiger partial charge in [0.05, 0.1) is 24.7 Å². The number of esters is 1. The van der Waals surface area contributed by atoms with Crippen LogP contribution in [0.3, 0.4) is 0 Å². The normalized spacial score (nSPS) is 9.69. The summed E-state index contributed by atoms with van der Waals surface area (Å²) in [5.74, 6) is -0.199. The Morgan fingerprint density at radius 3 is 2.77 bits per heavy atom. The Labute approximate surface area is 75.4 Å². The summed E-state index contributed by atoms with van der Waals surface area (Å²) in [6, 6.07) is 0. The maximum absolute atomic E-state index is 10.8. The largest absolute Gasteiger partial charge is 0.406 e. The Kier molecular flexibility index (Phi) is 3.33. The highest BCUT2D eigenvalue weighted by Gasteiger charge is 2.02. The van der Waals surface area contributed by atoms with Gasteiger partial charge in [-0.1, -0.05) is 6.92 Å². The Hall–Kier alpha value is -1.49. The molecule has 1 heterocycles. The van der Waals surface area contributed by atoms with Gasteiger partial charge in [-0.3, -0.25) is 9.78 Å². The highest BCUT2D eigenvalue weighted by Crippen LogP contribution is 2.04. The zero-order valence-corrected chi connectivity index (χ0v) is 7.23. The van der Waals surface area contributed by atoms with Crippen LogP contribution < -0.4 is 4.74 Å². The van der Waals surface area contributed by atoms with Crippen LogP contribution in [0.4, 0.5) is 0 Å². The van der Waals surface area contributed by atoms with Gasteiger partial charge in [-0.25, -0.2) is 4.98 Å². The molecule has 0 amide bonds. The highest BCUT2D eigenvalue weighted by atomic mass is 16.5. The standard InChI is InChI=1S/C8H10N2O3/c1-2-8(12)13-7-4-9-6(5-11)3-10-7/h3-4,11H,2,5H2,1H3. The van der Waals surface area contributed by atoms with E-state index in [9.17, 15) is 4.79 Å². The Balaban J connectivity index is 2.64. The lowest BCUT2D eigenvalue weighted by Gasteiger charge is -2.00. The van der Waals surface area contributed by atoms with Crippen molar-refractivity contribution in [2.75, 3.05) is 0 Å². The second-order valence-corrected chi connectivity index (χ2v) is 2.33. The van der Waals surface area contributed by atoms with E-state index in [1.54, 1.807) is 6.92 Å².